The predicted molar refractivity (Wildman–Crippen MR) is 88.5 cm³/mol. The lowest BCUT2D eigenvalue weighted by atomic mass is 10.1. The first-order chi connectivity index (χ1) is 10.3. The monoisotopic (exact) mass is 347 g/mol. The lowest BCUT2D eigenvalue weighted by Crippen LogP contribution is -2.47. The second-order valence-corrected chi connectivity index (χ2v) is 5.96. The van der Waals surface area contributed by atoms with E-state index in [0.717, 1.165) is 42.2 Å². The van der Waals surface area contributed by atoms with Crippen LogP contribution < -0.4 is 15.5 Å². The maximum absolute atomic E-state index is 5.75. The number of aromatic nitrogens is 2. The van der Waals surface area contributed by atoms with Gasteiger partial charge in [0.2, 0.25) is 5.95 Å². The largest absolute Gasteiger partial charge is 0.368 e. The molecular weight excluding hydrogens is 330 g/mol. The molecule has 0 radical (unpaired) electrons. The van der Waals surface area contributed by atoms with Crippen LogP contribution in [0.1, 0.15) is 5.56 Å². The van der Waals surface area contributed by atoms with E-state index in [4.69, 9.17) is 5.73 Å². The molecule has 2 N–H and O–H groups in total. The van der Waals surface area contributed by atoms with Gasteiger partial charge in [-0.2, -0.15) is 0 Å². The third kappa shape index (κ3) is 3.33. The number of halogens is 1. The van der Waals surface area contributed by atoms with E-state index in [1.807, 2.05) is 6.07 Å². The number of piperazine rings is 1. The summed E-state index contributed by atoms with van der Waals surface area (Å²) in [6.07, 6.45) is 3.58. The number of hydrogen-bond donors (Lipinski definition) is 1. The van der Waals surface area contributed by atoms with Gasteiger partial charge in [-0.05, 0) is 29.8 Å². The van der Waals surface area contributed by atoms with Gasteiger partial charge in [-0.1, -0.05) is 15.9 Å². The molecule has 110 valence electrons. The number of nitrogens with zero attached hydrogens (tertiary/aromatic N) is 4. The van der Waals surface area contributed by atoms with Crippen LogP contribution in [0.2, 0.25) is 0 Å². The summed E-state index contributed by atoms with van der Waals surface area (Å²) >= 11 is 3.56. The molecule has 21 heavy (non-hydrogen) atoms. The fourth-order valence-electron chi connectivity index (χ4n) is 2.55. The Bertz CT molecular complexity index is 596. The van der Waals surface area contributed by atoms with E-state index in [-0.39, 0.29) is 0 Å². The molecule has 1 aromatic heterocycles. The molecule has 1 aromatic carbocycles. The smallest absolute Gasteiger partial charge is 0.225 e. The minimum Gasteiger partial charge on any atom is -0.368 e. The normalized spacial score (nSPS) is 15.3. The van der Waals surface area contributed by atoms with Crippen LogP contribution in [0.25, 0.3) is 0 Å². The maximum Gasteiger partial charge on any atom is 0.225 e. The first kappa shape index (κ1) is 14.3. The van der Waals surface area contributed by atoms with Crippen LogP contribution in [0, 0.1) is 0 Å². The lowest BCUT2D eigenvalue weighted by molar-refractivity contribution is 0.639. The van der Waals surface area contributed by atoms with Gasteiger partial charge in [-0.25, -0.2) is 9.97 Å². The van der Waals surface area contributed by atoms with Gasteiger partial charge in [0, 0.05) is 55.3 Å². The van der Waals surface area contributed by atoms with E-state index in [1.165, 1.54) is 5.69 Å². The Kier molecular flexibility index (Phi) is 4.36. The van der Waals surface area contributed by atoms with Crippen LogP contribution >= 0.6 is 15.9 Å². The number of benzene rings is 1. The molecule has 3 rings (SSSR count). The Morgan fingerprint density at radius 1 is 1.00 bits per heavy atom. The summed E-state index contributed by atoms with van der Waals surface area (Å²) in [6, 6.07) is 8.22. The van der Waals surface area contributed by atoms with E-state index >= 15 is 0 Å². The molecule has 1 fully saturated rings. The van der Waals surface area contributed by atoms with E-state index in [1.54, 1.807) is 12.4 Å². The Morgan fingerprint density at radius 2 is 1.67 bits per heavy atom. The van der Waals surface area contributed by atoms with Crippen molar-refractivity contribution in [2.24, 2.45) is 5.73 Å². The van der Waals surface area contributed by atoms with Crippen molar-refractivity contribution in [2.75, 3.05) is 36.0 Å². The van der Waals surface area contributed by atoms with Crippen molar-refractivity contribution in [1.82, 2.24) is 9.97 Å². The molecule has 0 unspecified atom stereocenters. The number of rotatable bonds is 3. The topological polar surface area (TPSA) is 58.3 Å². The van der Waals surface area contributed by atoms with Gasteiger partial charge >= 0.3 is 0 Å². The number of nitrogens with two attached hydrogens (primary N) is 1. The molecule has 2 aromatic rings. The van der Waals surface area contributed by atoms with Gasteiger partial charge in [0.05, 0.1) is 0 Å². The van der Waals surface area contributed by atoms with Gasteiger partial charge in [-0.3, -0.25) is 0 Å². The molecule has 1 saturated heterocycles. The molecule has 0 bridgehead atoms. The molecule has 1 aliphatic rings. The maximum atomic E-state index is 5.75. The summed E-state index contributed by atoms with van der Waals surface area (Å²) in [4.78, 5) is 13.2. The quantitative estimate of drug-likeness (QED) is 0.920. The molecule has 2 heterocycles. The molecule has 5 nitrogen and oxygen atoms in total. The third-order valence-corrected chi connectivity index (χ3v) is 4.12. The molecule has 0 aliphatic carbocycles. The average molecular weight is 348 g/mol. The molecule has 0 saturated carbocycles. The van der Waals surface area contributed by atoms with Crippen LogP contribution in [-0.2, 0) is 6.54 Å². The van der Waals surface area contributed by atoms with Crippen molar-refractivity contribution in [3.05, 3.63) is 46.7 Å². The second kappa shape index (κ2) is 6.41. The van der Waals surface area contributed by atoms with Crippen LogP contribution in [0.4, 0.5) is 11.6 Å². The second-order valence-electron chi connectivity index (χ2n) is 5.04. The first-order valence-electron chi connectivity index (χ1n) is 7.03. The zero-order chi connectivity index (χ0) is 14.7. The lowest BCUT2D eigenvalue weighted by Gasteiger charge is -2.36. The van der Waals surface area contributed by atoms with Crippen LogP contribution in [0.15, 0.2) is 41.1 Å². The zero-order valence-electron chi connectivity index (χ0n) is 11.7. The van der Waals surface area contributed by atoms with Crippen molar-refractivity contribution >= 4 is 27.6 Å². The average Bonchev–Trinajstić information content (AvgIpc) is 2.55. The van der Waals surface area contributed by atoms with Crippen molar-refractivity contribution < 1.29 is 0 Å². The highest BCUT2D eigenvalue weighted by atomic mass is 79.9. The Labute approximate surface area is 132 Å². The zero-order valence-corrected chi connectivity index (χ0v) is 13.3. The van der Waals surface area contributed by atoms with Crippen molar-refractivity contribution in [3.63, 3.8) is 0 Å². The summed E-state index contributed by atoms with van der Waals surface area (Å²) in [7, 11) is 0. The van der Waals surface area contributed by atoms with Crippen LogP contribution in [0.3, 0.4) is 0 Å². The number of anilines is 2. The van der Waals surface area contributed by atoms with Gasteiger partial charge in [-0.15, -0.1) is 0 Å². The Hall–Kier alpha value is -1.66. The van der Waals surface area contributed by atoms with Gasteiger partial charge in [0.1, 0.15) is 0 Å². The molecule has 6 heteroatoms. The molecular formula is C15H18BrN5. The minimum absolute atomic E-state index is 0.560. The summed E-state index contributed by atoms with van der Waals surface area (Å²) in [5, 5.41) is 0. The van der Waals surface area contributed by atoms with E-state index in [0.29, 0.717) is 6.54 Å². The Balaban J connectivity index is 1.70. The highest BCUT2D eigenvalue weighted by Crippen LogP contribution is 2.24. The van der Waals surface area contributed by atoms with Crippen LogP contribution in [0.5, 0.6) is 0 Å². The van der Waals surface area contributed by atoms with Crippen molar-refractivity contribution in [1.29, 1.82) is 0 Å². The predicted octanol–water partition coefficient (Wildman–Crippen LogP) is 2.02. The highest BCUT2D eigenvalue weighted by molar-refractivity contribution is 9.10. The van der Waals surface area contributed by atoms with Gasteiger partial charge < -0.3 is 15.5 Å². The molecule has 0 amide bonds. The van der Waals surface area contributed by atoms with Crippen LogP contribution in [-0.4, -0.2) is 36.1 Å². The SMILES string of the molecule is NCc1cc(Br)cc(N2CCN(c3ncccn3)CC2)c1. The molecule has 0 atom stereocenters. The number of hydrogen-bond acceptors (Lipinski definition) is 5. The summed E-state index contributed by atoms with van der Waals surface area (Å²) < 4.78 is 1.08. The van der Waals surface area contributed by atoms with Gasteiger partial charge in [0.15, 0.2) is 0 Å². The summed E-state index contributed by atoms with van der Waals surface area (Å²) in [5.74, 6) is 0.814. The summed E-state index contributed by atoms with van der Waals surface area (Å²) in [6.45, 7) is 4.32. The van der Waals surface area contributed by atoms with E-state index < -0.39 is 0 Å². The fourth-order valence-corrected chi connectivity index (χ4v) is 3.08. The summed E-state index contributed by atoms with van der Waals surface area (Å²) in [5.41, 5.74) is 8.12. The molecule has 0 spiro atoms. The first-order valence-corrected chi connectivity index (χ1v) is 7.82. The standard InChI is InChI=1S/C15H18BrN5/c16-13-8-12(11-17)9-14(10-13)20-4-6-21(7-5-20)15-18-2-1-3-19-15/h1-3,8-10H,4-7,11,17H2. The fraction of sp³-hybridized carbons (Fsp3) is 0.333. The minimum atomic E-state index is 0.560. The van der Waals surface area contributed by atoms with E-state index in [2.05, 4.69) is 53.9 Å². The highest BCUT2D eigenvalue weighted by Gasteiger charge is 2.19. The van der Waals surface area contributed by atoms with Crippen molar-refractivity contribution in [3.8, 4) is 0 Å². The Morgan fingerprint density at radius 3 is 2.33 bits per heavy atom. The van der Waals surface area contributed by atoms with E-state index in [9.17, 15) is 0 Å². The third-order valence-electron chi connectivity index (χ3n) is 3.66. The molecule has 1 aliphatic heterocycles. The van der Waals surface area contributed by atoms with Crippen molar-refractivity contribution in [2.45, 2.75) is 6.54 Å². The van der Waals surface area contributed by atoms with Gasteiger partial charge in [0.25, 0.3) is 0 Å².